The highest BCUT2D eigenvalue weighted by molar-refractivity contribution is 5.90. The van der Waals surface area contributed by atoms with Crippen LogP contribution in [0.25, 0.3) is 0 Å². The van der Waals surface area contributed by atoms with Crippen LogP contribution in [-0.4, -0.2) is 95.0 Å². The number of phenols is 1. The van der Waals surface area contributed by atoms with Gasteiger partial charge in [-0.25, -0.2) is 4.79 Å². The van der Waals surface area contributed by atoms with Crippen molar-refractivity contribution < 1.29 is 49.0 Å². The summed E-state index contributed by atoms with van der Waals surface area (Å²) >= 11 is 0. The third kappa shape index (κ3) is 8.38. The number of esters is 2. The Bertz CT molecular complexity index is 1600. The molecule has 0 radical (unpaired) electrons. The van der Waals surface area contributed by atoms with Crippen LogP contribution in [0.5, 0.6) is 11.5 Å². The lowest BCUT2D eigenvalue weighted by Crippen LogP contribution is -2.65. The van der Waals surface area contributed by atoms with Crippen molar-refractivity contribution in [2.45, 2.75) is 172 Å². The van der Waals surface area contributed by atoms with Crippen LogP contribution in [-0.2, 0) is 23.9 Å². The van der Waals surface area contributed by atoms with Crippen molar-refractivity contribution in [3.05, 3.63) is 23.3 Å². The van der Waals surface area contributed by atoms with Gasteiger partial charge in [0, 0.05) is 55.3 Å². The molecule has 324 valence electrons. The normalized spacial score (nSPS) is 30.7. The van der Waals surface area contributed by atoms with E-state index in [1.165, 1.54) is 6.92 Å². The topological polar surface area (TPSA) is 184 Å². The molecule has 6 aliphatic rings. The van der Waals surface area contributed by atoms with Crippen LogP contribution >= 0.6 is 0 Å². The van der Waals surface area contributed by atoms with Gasteiger partial charge in [-0.2, -0.15) is 0 Å². The zero-order valence-electron chi connectivity index (χ0n) is 35.0. The van der Waals surface area contributed by atoms with Crippen LogP contribution in [0, 0.1) is 28.6 Å². The summed E-state index contributed by atoms with van der Waals surface area (Å²) in [5.41, 5.74) is 0.160. The second kappa shape index (κ2) is 18.4. The molecular weight excluding hydrogens is 741 g/mol. The number of ether oxygens (including phenoxy) is 3. The zero-order valence-corrected chi connectivity index (χ0v) is 35.0. The summed E-state index contributed by atoms with van der Waals surface area (Å²) in [5.74, 6) is -0.433. The van der Waals surface area contributed by atoms with Crippen molar-refractivity contribution >= 4 is 17.8 Å². The number of fused-ring (bicyclic) bond motifs is 1. The highest BCUT2D eigenvalue weighted by Crippen LogP contribution is 2.63. The molecule has 0 bridgehead atoms. The highest BCUT2D eigenvalue weighted by Gasteiger charge is 2.58. The van der Waals surface area contributed by atoms with Crippen LogP contribution < -0.4 is 15.4 Å². The minimum atomic E-state index is -1.12. The van der Waals surface area contributed by atoms with Gasteiger partial charge in [-0.1, -0.05) is 31.7 Å². The molecule has 6 N–H and O–H groups in total. The van der Waals surface area contributed by atoms with Gasteiger partial charge in [-0.15, -0.1) is 0 Å². The smallest absolute Gasteiger partial charge is 0.332 e. The van der Waals surface area contributed by atoms with Crippen LogP contribution in [0.15, 0.2) is 12.1 Å². The minimum Gasteiger partial charge on any atom is -0.504 e. The molecular formula is C46H70N2O10. The molecule has 3 aliphatic carbocycles. The average molecular weight is 811 g/mol. The summed E-state index contributed by atoms with van der Waals surface area (Å²) in [7, 11) is 0. The minimum absolute atomic E-state index is 0.0215. The van der Waals surface area contributed by atoms with Crippen molar-refractivity contribution in [1.29, 1.82) is 0 Å². The lowest BCUT2D eigenvalue weighted by Gasteiger charge is -2.54. The molecule has 9 atom stereocenters. The number of hydrogen-bond donors (Lipinski definition) is 6. The Morgan fingerprint density at radius 1 is 0.948 bits per heavy atom. The largest absolute Gasteiger partial charge is 0.504 e. The van der Waals surface area contributed by atoms with E-state index < -0.39 is 41.2 Å². The molecule has 58 heavy (non-hydrogen) atoms. The van der Waals surface area contributed by atoms with Crippen molar-refractivity contribution in [2.24, 2.45) is 28.6 Å². The molecule has 4 fully saturated rings. The van der Waals surface area contributed by atoms with Gasteiger partial charge in [0.15, 0.2) is 11.5 Å². The predicted octanol–water partition coefficient (Wildman–Crippen LogP) is 5.91. The molecule has 1 aromatic carbocycles. The Labute approximate surface area is 344 Å². The standard InChI is InChI=1S/C46H70N2O10/c1-29(51)10-11-31(8-7-25-49)38(57-30(2)52)26-39(58-43(55)46-20-4-3-9-32(46)12-17-40(54)48-46)45(21-23-47-24-22-45)35-15-13-34-36(44(28-50)18-5-6-19-44)27-56-42-37(53)16-14-33(35)41(34)42/h14,16,29,31-32,34-36,38-39,47,49-51,53H,3-13,15,17-28H2,1-2H3,(H,48,54)/t29-,31-,32+,34+,35+,36-,38-,39+,46+/m0/s1. The van der Waals surface area contributed by atoms with Gasteiger partial charge in [-0.05, 0) is 139 Å². The van der Waals surface area contributed by atoms with Gasteiger partial charge in [0.1, 0.15) is 17.7 Å². The second-order valence-electron chi connectivity index (χ2n) is 19.1. The maximum Gasteiger partial charge on any atom is 0.332 e. The fraction of sp³-hybridized carbons (Fsp3) is 0.804. The molecule has 3 heterocycles. The summed E-state index contributed by atoms with van der Waals surface area (Å²) < 4.78 is 19.8. The summed E-state index contributed by atoms with van der Waals surface area (Å²) in [5, 5.41) is 49.2. The molecule has 7 rings (SSSR count). The maximum atomic E-state index is 15.1. The van der Waals surface area contributed by atoms with Gasteiger partial charge in [0.2, 0.25) is 5.91 Å². The number of aliphatic hydroxyl groups excluding tert-OH is 3. The van der Waals surface area contributed by atoms with Crippen LogP contribution in [0.4, 0.5) is 0 Å². The first kappa shape index (κ1) is 43.2. The first-order valence-electron chi connectivity index (χ1n) is 22.8. The van der Waals surface area contributed by atoms with E-state index in [0.29, 0.717) is 83.2 Å². The fourth-order valence-electron chi connectivity index (χ4n) is 12.9. The molecule has 0 aromatic heterocycles. The van der Waals surface area contributed by atoms with Gasteiger partial charge in [0.25, 0.3) is 0 Å². The monoisotopic (exact) mass is 811 g/mol. The number of hydrogen-bond acceptors (Lipinski definition) is 11. The molecule has 2 saturated carbocycles. The van der Waals surface area contributed by atoms with E-state index in [1.54, 1.807) is 13.0 Å². The van der Waals surface area contributed by atoms with Gasteiger partial charge < -0.3 is 45.3 Å². The molecule has 1 amide bonds. The lowest BCUT2D eigenvalue weighted by molar-refractivity contribution is -0.182. The number of aromatic hydroxyl groups is 1. The fourth-order valence-corrected chi connectivity index (χ4v) is 12.9. The average Bonchev–Trinajstić information content (AvgIpc) is 3.71. The number of aliphatic hydroxyl groups is 3. The molecule has 0 spiro atoms. The number of carbonyl (C=O) groups is 3. The summed E-state index contributed by atoms with van der Waals surface area (Å²) in [6.45, 7) is 5.08. The zero-order chi connectivity index (χ0) is 41.1. The van der Waals surface area contributed by atoms with E-state index in [1.807, 2.05) is 6.07 Å². The summed E-state index contributed by atoms with van der Waals surface area (Å²) in [6.07, 6.45) is 11.7. The van der Waals surface area contributed by atoms with Crippen molar-refractivity contribution in [3.8, 4) is 11.5 Å². The van der Waals surface area contributed by atoms with E-state index in [9.17, 15) is 30.0 Å². The third-order valence-corrected chi connectivity index (χ3v) is 15.9. The van der Waals surface area contributed by atoms with Crippen LogP contribution in [0.1, 0.15) is 159 Å². The van der Waals surface area contributed by atoms with Gasteiger partial charge in [-0.3, -0.25) is 9.59 Å². The first-order valence-corrected chi connectivity index (χ1v) is 22.8. The second-order valence-corrected chi connectivity index (χ2v) is 19.1. The number of nitrogens with one attached hydrogen (secondary N) is 2. The van der Waals surface area contributed by atoms with Crippen molar-refractivity contribution in [1.82, 2.24) is 10.6 Å². The Balaban J connectivity index is 1.33. The number of amides is 1. The number of rotatable bonds is 16. The molecule has 12 heteroatoms. The molecule has 0 unspecified atom stereocenters. The SMILES string of the molecule is CC(=O)O[C@@H](C[C@@H](OC(=O)[C@@]12CCCC[C@@H]1CCC(=O)N2)C1([C@@H]2CC[C@H]3c4c2ccc(O)c4OC[C@@H]3C2(CO)CCCC2)CCNCC1)[C@@H](CCCO)CC[C@H](C)O. The first-order chi connectivity index (χ1) is 28.0. The summed E-state index contributed by atoms with van der Waals surface area (Å²) in [4.78, 5) is 41.2. The van der Waals surface area contributed by atoms with Crippen molar-refractivity contribution in [3.63, 3.8) is 0 Å². The van der Waals surface area contributed by atoms with Crippen molar-refractivity contribution in [2.75, 3.05) is 32.9 Å². The quantitative estimate of drug-likeness (QED) is 0.109. The van der Waals surface area contributed by atoms with Crippen LogP contribution in [0.2, 0.25) is 0 Å². The van der Waals surface area contributed by atoms with E-state index in [-0.39, 0.29) is 66.3 Å². The molecule has 2 saturated heterocycles. The Morgan fingerprint density at radius 3 is 2.41 bits per heavy atom. The van der Waals surface area contributed by atoms with Crippen LogP contribution in [0.3, 0.4) is 0 Å². The van der Waals surface area contributed by atoms with E-state index >= 15 is 4.79 Å². The number of piperidine rings is 2. The molecule has 3 aliphatic heterocycles. The highest BCUT2D eigenvalue weighted by atomic mass is 16.6. The number of phenolic OH excluding ortho intramolecular Hbond substituents is 1. The third-order valence-electron chi connectivity index (χ3n) is 15.9. The Kier molecular flexibility index (Phi) is 13.7. The van der Waals surface area contributed by atoms with E-state index in [4.69, 9.17) is 14.2 Å². The number of carbonyl (C=O) groups excluding carboxylic acids is 3. The Hall–Kier alpha value is -2.93. The van der Waals surface area contributed by atoms with Gasteiger partial charge >= 0.3 is 11.9 Å². The van der Waals surface area contributed by atoms with Gasteiger partial charge in [0.05, 0.1) is 12.7 Å². The predicted molar refractivity (Wildman–Crippen MR) is 217 cm³/mol. The molecule has 1 aromatic rings. The Morgan fingerprint density at radius 2 is 1.71 bits per heavy atom. The maximum absolute atomic E-state index is 15.1. The molecule has 12 nitrogen and oxygen atoms in total. The van der Waals surface area contributed by atoms with E-state index in [2.05, 4.69) is 10.6 Å². The van der Waals surface area contributed by atoms with E-state index in [0.717, 1.165) is 68.9 Å². The lowest BCUT2D eigenvalue weighted by atomic mass is 9.54. The summed E-state index contributed by atoms with van der Waals surface area (Å²) in [6, 6.07) is 3.79. The number of benzene rings is 1.